The van der Waals surface area contributed by atoms with E-state index < -0.39 is 5.91 Å². The van der Waals surface area contributed by atoms with Gasteiger partial charge in [-0.3, -0.25) is 4.79 Å². The number of nitrogens with zero attached hydrogens (tertiary/aromatic N) is 1. The van der Waals surface area contributed by atoms with Crippen LogP contribution in [0.4, 0.5) is 10.8 Å². The van der Waals surface area contributed by atoms with Crippen molar-refractivity contribution in [2.24, 2.45) is 17.6 Å². The second kappa shape index (κ2) is 5.14. The molecule has 0 aromatic carbocycles. The standard InChI is InChI=1S/C12H20N4OS/c1-6-4-3-5-8(7(6)2)15-12-9(11(14)17)10(13)16-18-12/h6-8,15H,3-5H2,1-2H3,(H2,13,16)(H2,14,17). The topological polar surface area (TPSA) is 94.0 Å². The zero-order valence-corrected chi connectivity index (χ0v) is 11.6. The smallest absolute Gasteiger partial charge is 0.255 e. The maximum Gasteiger partial charge on any atom is 0.255 e. The molecule has 0 aliphatic heterocycles. The van der Waals surface area contributed by atoms with Crippen LogP contribution in [0, 0.1) is 11.8 Å². The normalized spacial score (nSPS) is 28.0. The fourth-order valence-electron chi connectivity index (χ4n) is 2.59. The van der Waals surface area contributed by atoms with Crippen LogP contribution < -0.4 is 16.8 Å². The third-order valence-corrected chi connectivity index (χ3v) is 4.78. The summed E-state index contributed by atoms with van der Waals surface area (Å²) in [5.74, 6) is 0.980. The Morgan fingerprint density at radius 2 is 2.17 bits per heavy atom. The number of carbonyl (C=O) groups is 1. The van der Waals surface area contributed by atoms with Crippen LogP contribution in [0.3, 0.4) is 0 Å². The lowest BCUT2D eigenvalue weighted by Crippen LogP contribution is -2.35. The molecule has 0 spiro atoms. The SMILES string of the molecule is CC1CCCC(Nc2snc(N)c2C(N)=O)C1C. The summed E-state index contributed by atoms with van der Waals surface area (Å²) in [6.07, 6.45) is 3.59. The number of rotatable bonds is 3. The molecule has 18 heavy (non-hydrogen) atoms. The zero-order chi connectivity index (χ0) is 13.3. The van der Waals surface area contributed by atoms with E-state index in [0.717, 1.165) is 6.42 Å². The van der Waals surface area contributed by atoms with Gasteiger partial charge < -0.3 is 16.8 Å². The molecule has 3 atom stereocenters. The van der Waals surface area contributed by atoms with Gasteiger partial charge in [0.25, 0.3) is 5.91 Å². The molecule has 5 N–H and O–H groups in total. The number of anilines is 2. The Bertz CT molecular complexity index is 445. The largest absolute Gasteiger partial charge is 0.382 e. The Morgan fingerprint density at radius 1 is 1.44 bits per heavy atom. The number of hydrogen-bond acceptors (Lipinski definition) is 5. The van der Waals surface area contributed by atoms with Gasteiger partial charge in [-0.25, -0.2) is 0 Å². The molecule has 3 unspecified atom stereocenters. The Balaban J connectivity index is 2.16. The number of primary amides is 1. The molecule has 1 aromatic heterocycles. The lowest BCUT2D eigenvalue weighted by Gasteiger charge is -2.34. The number of nitrogens with two attached hydrogens (primary N) is 2. The minimum absolute atomic E-state index is 0.228. The molecule has 1 aliphatic carbocycles. The Labute approximate surface area is 111 Å². The molecule has 1 fully saturated rings. The van der Waals surface area contributed by atoms with E-state index in [1.165, 1.54) is 24.4 Å². The van der Waals surface area contributed by atoms with Crippen LogP contribution >= 0.6 is 11.5 Å². The molecule has 1 amide bonds. The lowest BCUT2D eigenvalue weighted by molar-refractivity contribution is 0.100. The third-order valence-electron chi connectivity index (χ3n) is 3.99. The van der Waals surface area contributed by atoms with Gasteiger partial charge in [0.2, 0.25) is 0 Å². The van der Waals surface area contributed by atoms with Gasteiger partial charge in [0, 0.05) is 6.04 Å². The first-order chi connectivity index (χ1) is 8.50. The maximum absolute atomic E-state index is 11.4. The van der Waals surface area contributed by atoms with Gasteiger partial charge in [-0.15, -0.1) is 0 Å². The van der Waals surface area contributed by atoms with E-state index in [2.05, 4.69) is 23.5 Å². The van der Waals surface area contributed by atoms with Crippen LogP contribution in [0.15, 0.2) is 0 Å². The second-order valence-corrected chi connectivity index (χ2v) is 5.93. The molecule has 1 aliphatic rings. The summed E-state index contributed by atoms with van der Waals surface area (Å²) >= 11 is 1.21. The number of nitrogens with one attached hydrogen (secondary N) is 1. The van der Waals surface area contributed by atoms with Gasteiger partial charge in [0.15, 0.2) is 5.82 Å². The van der Waals surface area contributed by atoms with Crippen LogP contribution in [0.2, 0.25) is 0 Å². The fraction of sp³-hybridized carbons (Fsp3) is 0.667. The Kier molecular flexibility index (Phi) is 3.75. The minimum Gasteiger partial charge on any atom is -0.382 e. The zero-order valence-electron chi connectivity index (χ0n) is 10.8. The van der Waals surface area contributed by atoms with E-state index in [9.17, 15) is 4.79 Å². The van der Waals surface area contributed by atoms with E-state index >= 15 is 0 Å². The van der Waals surface area contributed by atoms with Crippen molar-refractivity contribution in [1.29, 1.82) is 0 Å². The quantitative estimate of drug-likeness (QED) is 0.782. The summed E-state index contributed by atoms with van der Waals surface area (Å²) in [6, 6.07) is 0.367. The number of amides is 1. The number of carbonyl (C=O) groups excluding carboxylic acids is 1. The molecule has 2 rings (SSSR count). The molecular weight excluding hydrogens is 248 g/mol. The van der Waals surface area contributed by atoms with Crippen LogP contribution in [0.5, 0.6) is 0 Å². The molecule has 1 aromatic rings. The first-order valence-corrected chi connectivity index (χ1v) is 7.09. The highest BCUT2D eigenvalue weighted by Crippen LogP contribution is 2.34. The molecule has 6 heteroatoms. The average molecular weight is 268 g/mol. The van der Waals surface area contributed by atoms with E-state index in [1.54, 1.807) is 0 Å². The molecule has 100 valence electrons. The highest BCUT2D eigenvalue weighted by atomic mass is 32.1. The van der Waals surface area contributed by atoms with Crippen molar-refractivity contribution in [3.63, 3.8) is 0 Å². The van der Waals surface area contributed by atoms with Gasteiger partial charge in [-0.2, -0.15) is 4.37 Å². The van der Waals surface area contributed by atoms with Crippen LogP contribution in [0.25, 0.3) is 0 Å². The van der Waals surface area contributed by atoms with Crippen molar-refractivity contribution in [3.05, 3.63) is 5.56 Å². The van der Waals surface area contributed by atoms with E-state index in [4.69, 9.17) is 11.5 Å². The van der Waals surface area contributed by atoms with Crippen LogP contribution in [-0.2, 0) is 0 Å². The molecule has 0 radical (unpaired) electrons. The van der Waals surface area contributed by atoms with Gasteiger partial charge in [-0.05, 0) is 29.8 Å². The molecular formula is C12H20N4OS. The molecule has 5 nitrogen and oxygen atoms in total. The number of aromatic nitrogens is 1. The van der Waals surface area contributed by atoms with Crippen molar-refractivity contribution >= 4 is 28.3 Å². The van der Waals surface area contributed by atoms with Crippen molar-refractivity contribution in [2.45, 2.75) is 39.2 Å². The van der Waals surface area contributed by atoms with Crippen molar-refractivity contribution in [3.8, 4) is 0 Å². The Hall–Kier alpha value is -1.30. The Morgan fingerprint density at radius 3 is 2.83 bits per heavy atom. The summed E-state index contributed by atoms with van der Waals surface area (Å²) < 4.78 is 4.00. The first kappa shape index (κ1) is 13.1. The van der Waals surface area contributed by atoms with Gasteiger partial charge in [-0.1, -0.05) is 26.7 Å². The monoisotopic (exact) mass is 268 g/mol. The molecule has 0 bridgehead atoms. The summed E-state index contributed by atoms with van der Waals surface area (Å²) in [6.45, 7) is 4.52. The van der Waals surface area contributed by atoms with Crippen LogP contribution in [-0.4, -0.2) is 16.3 Å². The van der Waals surface area contributed by atoms with E-state index in [-0.39, 0.29) is 5.82 Å². The van der Waals surface area contributed by atoms with Gasteiger partial charge >= 0.3 is 0 Å². The minimum atomic E-state index is -0.514. The summed E-state index contributed by atoms with van der Waals surface area (Å²) in [7, 11) is 0. The maximum atomic E-state index is 11.4. The number of nitrogen functional groups attached to an aromatic ring is 1. The van der Waals surface area contributed by atoms with Gasteiger partial charge in [0.05, 0.1) is 0 Å². The molecule has 1 saturated carbocycles. The van der Waals surface area contributed by atoms with Crippen molar-refractivity contribution < 1.29 is 4.79 Å². The van der Waals surface area contributed by atoms with Gasteiger partial charge in [0.1, 0.15) is 10.6 Å². The van der Waals surface area contributed by atoms with E-state index in [1.807, 2.05) is 0 Å². The average Bonchev–Trinajstić information content (AvgIpc) is 2.66. The summed E-state index contributed by atoms with van der Waals surface area (Å²) in [4.78, 5) is 11.4. The summed E-state index contributed by atoms with van der Waals surface area (Å²) in [5, 5.41) is 4.12. The second-order valence-electron chi connectivity index (χ2n) is 5.15. The third kappa shape index (κ3) is 2.43. The predicted molar refractivity (Wildman–Crippen MR) is 74.6 cm³/mol. The fourth-order valence-corrected chi connectivity index (χ4v) is 3.37. The molecule has 1 heterocycles. The molecule has 0 saturated heterocycles. The van der Waals surface area contributed by atoms with Crippen molar-refractivity contribution in [1.82, 2.24) is 4.37 Å². The van der Waals surface area contributed by atoms with E-state index in [0.29, 0.717) is 28.4 Å². The number of hydrogen-bond donors (Lipinski definition) is 3. The lowest BCUT2D eigenvalue weighted by atomic mass is 9.78. The first-order valence-electron chi connectivity index (χ1n) is 6.32. The van der Waals surface area contributed by atoms with Crippen molar-refractivity contribution in [2.75, 3.05) is 11.1 Å². The summed E-state index contributed by atoms with van der Waals surface area (Å²) in [5.41, 5.74) is 11.3. The highest BCUT2D eigenvalue weighted by Gasteiger charge is 2.28. The highest BCUT2D eigenvalue weighted by molar-refractivity contribution is 7.11. The van der Waals surface area contributed by atoms with Crippen LogP contribution in [0.1, 0.15) is 43.5 Å². The predicted octanol–water partition coefficient (Wildman–Crippen LogP) is 2.06.